The number of aliphatic hydroxyl groups is 1. The van der Waals surface area contributed by atoms with E-state index in [4.69, 9.17) is 10.8 Å². The number of nitrogen functional groups attached to an aromatic ring is 1. The van der Waals surface area contributed by atoms with Crippen LogP contribution in [0.4, 0.5) is 5.82 Å². The van der Waals surface area contributed by atoms with Gasteiger partial charge in [-0.1, -0.05) is 12.1 Å². The van der Waals surface area contributed by atoms with Gasteiger partial charge < -0.3 is 15.8 Å². The molecule has 0 spiro atoms. The van der Waals surface area contributed by atoms with E-state index in [1.807, 2.05) is 28.9 Å². The van der Waals surface area contributed by atoms with Crippen molar-refractivity contribution in [1.82, 2.24) is 30.0 Å². The summed E-state index contributed by atoms with van der Waals surface area (Å²) in [7, 11) is 0. The zero-order valence-corrected chi connectivity index (χ0v) is 17.5. The summed E-state index contributed by atoms with van der Waals surface area (Å²) in [5, 5.41) is 20.3. The fourth-order valence-electron chi connectivity index (χ4n) is 3.80. The van der Waals surface area contributed by atoms with Crippen molar-refractivity contribution in [3.05, 3.63) is 36.3 Å². The number of rotatable bonds is 5. The molecule has 1 fully saturated rings. The van der Waals surface area contributed by atoms with Gasteiger partial charge in [0.1, 0.15) is 24.1 Å². The van der Waals surface area contributed by atoms with Crippen molar-refractivity contribution in [3.8, 4) is 11.3 Å². The van der Waals surface area contributed by atoms with Gasteiger partial charge in [-0.25, -0.2) is 14.6 Å². The normalized spacial score (nSPS) is 15.9. The number of aliphatic hydroxyl groups excluding tert-OH is 1. The Balaban J connectivity index is 1.57. The van der Waals surface area contributed by atoms with Crippen LogP contribution in [-0.4, -0.2) is 36.4 Å². The van der Waals surface area contributed by atoms with E-state index in [1.165, 1.54) is 19.2 Å². The van der Waals surface area contributed by atoms with Crippen LogP contribution in [-0.2, 0) is 5.54 Å². The molecule has 1 unspecified atom stereocenters. The van der Waals surface area contributed by atoms with E-state index in [2.05, 4.69) is 41.0 Å². The minimum Gasteiger partial charge on any atom is -0.383 e. The fourth-order valence-corrected chi connectivity index (χ4v) is 3.80. The Kier molecular flexibility index (Phi) is 4.30. The molecule has 1 saturated carbocycles. The van der Waals surface area contributed by atoms with Crippen LogP contribution < -0.4 is 11.1 Å². The van der Waals surface area contributed by atoms with Gasteiger partial charge in [0, 0.05) is 17.6 Å². The van der Waals surface area contributed by atoms with Crippen LogP contribution in [0.5, 0.6) is 0 Å². The monoisotopic (exact) mass is 405 g/mol. The van der Waals surface area contributed by atoms with Gasteiger partial charge in [0.15, 0.2) is 5.65 Å². The van der Waals surface area contributed by atoms with E-state index in [-0.39, 0.29) is 5.54 Å². The summed E-state index contributed by atoms with van der Waals surface area (Å²) >= 11 is 0. The number of fused-ring (bicyclic) bond motifs is 2. The van der Waals surface area contributed by atoms with Gasteiger partial charge in [-0.2, -0.15) is 5.10 Å². The Morgan fingerprint density at radius 2 is 2.07 bits per heavy atom. The molecule has 1 aliphatic rings. The van der Waals surface area contributed by atoms with Gasteiger partial charge in [-0.3, -0.25) is 5.32 Å². The summed E-state index contributed by atoms with van der Waals surface area (Å²) in [6, 6.07) is 8.06. The molecule has 8 heteroatoms. The number of hydrogen-bond acceptors (Lipinski definition) is 6. The number of aromatic amines is 1. The molecule has 156 valence electrons. The van der Waals surface area contributed by atoms with E-state index in [1.54, 1.807) is 0 Å². The molecule has 0 saturated heterocycles. The Hall–Kier alpha value is -2.97. The number of anilines is 1. The lowest BCUT2D eigenvalue weighted by atomic mass is 10.1. The second-order valence-corrected chi connectivity index (χ2v) is 9.17. The fraction of sp³-hybridized carbons (Fsp3) is 0.409. The Morgan fingerprint density at radius 1 is 1.27 bits per heavy atom. The summed E-state index contributed by atoms with van der Waals surface area (Å²) in [6.45, 7) is 7.09. The van der Waals surface area contributed by atoms with Crippen molar-refractivity contribution in [1.29, 1.82) is 0 Å². The number of hydrogen-bond donors (Lipinski definition) is 4. The predicted octanol–water partition coefficient (Wildman–Crippen LogP) is 3.30. The van der Waals surface area contributed by atoms with Gasteiger partial charge in [0.2, 0.25) is 0 Å². The van der Waals surface area contributed by atoms with Crippen LogP contribution in [0, 0.1) is 5.92 Å². The highest BCUT2D eigenvalue weighted by Crippen LogP contribution is 2.34. The number of nitrogens with one attached hydrogen (secondary N) is 2. The summed E-state index contributed by atoms with van der Waals surface area (Å²) in [6.07, 6.45) is 3.27. The number of aromatic nitrogens is 5. The molecule has 0 aliphatic heterocycles. The van der Waals surface area contributed by atoms with Gasteiger partial charge in [-0.15, -0.1) is 0 Å². The van der Waals surface area contributed by atoms with Crippen molar-refractivity contribution in [3.63, 3.8) is 0 Å². The van der Waals surface area contributed by atoms with Crippen LogP contribution in [0.15, 0.2) is 30.6 Å². The minimum atomic E-state index is -0.702. The maximum atomic E-state index is 10.5. The predicted molar refractivity (Wildman–Crippen MR) is 118 cm³/mol. The molecule has 1 atom stereocenters. The first-order valence-corrected chi connectivity index (χ1v) is 10.4. The lowest BCUT2D eigenvalue weighted by molar-refractivity contribution is 0.134. The molecule has 0 bridgehead atoms. The largest absolute Gasteiger partial charge is 0.383 e. The second-order valence-electron chi connectivity index (χ2n) is 9.17. The maximum Gasteiger partial charge on any atom is 0.164 e. The molecular weight excluding hydrogens is 378 g/mol. The molecule has 30 heavy (non-hydrogen) atoms. The van der Waals surface area contributed by atoms with Crippen molar-refractivity contribution in [2.45, 2.75) is 45.4 Å². The molecule has 0 amide bonds. The molecule has 3 heterocycles. The van der Waals surface area contributed by atoms with Crippen molar-refractivity contribution in [2.24, 2.45) is 5.92 Å². The second kappa shape index (κ2) is 6.78. The van der Waals surface area contributed by atoms with Gasteiger partial charge in [0.05, 0.1) is 16.6 Å². The molecule has 0 radical (unpaired) electrons. The number of nitrogens with zero attached hydrogens (tertiary/aromatic N) is 4. The maximum absolute atomic E-state index is 10.5. The molecule has 5 N–H and O–H groups in total. The van der Waals surface area contributed by atoms with E-state index in [0.29, 0.717) is 11.7 Å². The smallest absolute Gasteiger partial charge is 0.164 e. The highest BCUT2D eigenvalue weighted by Gasteiger charge is 2.25. The lowest BCUT2D eigenvalue weighted by Gasteiger charge is -2.19. The van der Waals surface area contributed by atoms with Crippen LogP contribution in [0.25, 0.3) is 33.2 Å². The summed E-state index contributed by atoms with van der Waals surface area (Å²) in [5.41, 5.74) is 10.1. The Bertz CT molecular complexity index is 1230. The third kappa shape index (κ3) is 3.32. The van der Waals surface area contributed by atoms with Crippen LogP contribution >= 0.6 is 0 Å². The molecule has 8 nitrogen and oxygen atoms in total. The number of nitrogens with two attached hydrogens (primary N) is 1. The Labute approximate surface area is 174 Å². The zero-order valence-electron chi connectivity index (χ0n) is 17.5. The lowest BCUT2D eigenvalue weighted by Crippen LogP contribution is -2.23. The van der Waals surface area contributed by atoms with Crippen LogP contribution in [0.1, 0.15) is 45.5 Å². The average Bonchev–Trinajstić information content (AvgIpc) is 3.28. The third-order valence-corrected chi connectivity index (χ3v) is 5.64. The summed E-state index contributed by atoms with van der Waals surface area (Å²) in [4.78, 5) is 12.0. The molecular formula is C22H27N7O. The van der Waals surface area contributed by atoms with Gasteiger partial charge in [0.25, 0.3) is 0 Å². The van der Waals surface area contributed by atoms with E-state index in [9.17, 15) is 5.11 Å². The van der Waals surface area contributed by atoms with Crippen LogP contribution in [0.2, 0.25) is 0 Å². The summed E-state index contributed by atoms with van der Waals surface area (Å²) in [5.74, 6) is 1.12. The molecule has 4 aromatic rings. The molecule has 3 aromatic heterocycles. The zero-order chi connectivity index (χ0) is 21.0. The Morgan fingerprint density at radius 3 is 2.80 bits per heavy atom. The topological polar surface area (TPSA) is 118 Å². The molecule has 5 rings (SSSR count). The first-order chi connectivity index (χ1) is 14.3. The molecule has 1 aliphatic carbocycles. The number of benzene rings is 1. The highest BCUT2D eigenvalue weighted by molar-refractivity contribution is 6.00. The van der Waals surface area contributed by atoms with Crippen molar-refractivity contribution in [2.75, 3.05) is 12.3 Å². The van der Waals surface area contributed by atoms with Gasteiger partial charge in [-0.05, 0) is 57.0 Å². The first kappa shape index (κ1) is 19.0. The summed E-state index contributed by atoms with van der Waals surface area (Å²) < 4.78 is 1.89. The first-order valence-electron chi connectivity index (χ1n) is 10.4. The third-order valence-electron chi connectivity index (χ3n) is 5.64. The SMILES string of the molecule is CC(C)(C)n1nc(-c2ccc3cc(C(O)NCC4CC4)[nH]c3c2)c2c(N)ncnc21. The highest BCUT2D eigenvalue weighted by atomic mass is 16.3. The van der Waals surface area contributed by atoms with Gasteiger partial charge >= 0.3 is 0 Å². The standard InChI is InChI=1S/C22H27N7O/c1-22(2,3)29-20-17(19(23)25-11-26-20)18(28-29)14-7-6-13-8-16(27-15(13)9-14)21(30)24-10-12-4-5-12/h6-9,11-12,21,24,27,30H,4-5,10H2,1-3H3,(H2,23,25,26). The van der Waals surface area contributed by atoms with E-state index >= 15 is 0 Å². The van der Waals surface area contributed by atoms with E-state index in [0.717, 1.165) is 45.4 Å². The van der Waals surface area contributed by atoms with E-state index < -0.39 is 6.23 Å². The van der Waals surface area contributed by atoms with Crippen molar-refractivity contribution < 1.29 is 5.11 Å². The van der Waals surface area contributed by atoms with Crippen LogP contribution in [0.3, 0.4) is 0 Å². The quantitative estimate of drug-likeness (QED) is 0.378. The van der Waals surface area contributed by atoms with Crippen molar-refractivity contribution >= 4 is 27.8 Å². The minimum absolute atomic E-state index is 0.252. The number of H-pyrrole nitrogens is 1. The average molecular weight is 406 g/mol. The molecule has 1 aromatic carbocycles.